The number of hydrogen-bond donors (Lipinski definition) is 1. The average molecular weight is 200 g/mol. The molecule has 1 aliphatic rings. The molecule has 0 aromatic heterocycles. The van der Waals surface area contributed by atoms with E-state index in [9.17, 15) is 0 Å². The second-order valence-corrected chi connectivity index (χ2v) is 5.58. The first-order chi connectivity index (χ1) is 6.31. The van der Waals surface area contributed by atoms with Crippen molar-refractivity contribution in [3.05, 3.63) is 0 Å². The zero-order chi connectivity index (χ0) is 10.8. The Hall–Kier alpha value is -0.120. The Morgan fingerprint density at radius 1 is 1.14 bits per heavy atom. The van der Waals surface area contributed by atoms with Gasteiger partial charge in [-0.3, -0.25) is 4.90 Å². The van der Waals surface area contributed by atoms with E-state index < -0.39 is 0 Å². The van der Waals surface area contributed by atoms with Gasteiger partial charge in [-0.1, -0.05) is 0 Å². The average Bonchev–Trinajstić information content (AvgIpc) is 2.01. The van der Waals surface area contributed by atoms with Gasteiger partial charge in [0.05, 0.1) is 13.2 Å². The SMILES string of the molecule is CC(C)(N)CC(C)(C)N1CCOCC1. The standard InChI is InChI=1S/C11H24N2O/c1-10(2,12)9-11(3,4)13-5-7-14-8-6-13/h5-9,12H2,1-4H3. The van der Waals surface area contributed by atoms with Crippen molar-refractivity contribution in [3.63, 3.8) is 0 Å². The number of nitrogens with two attached hydrogens (primary N) is 1. The van der Waals surface area contributed by atoms with Crippen molar-refractivity contribution in [2.45, 2.75) is 45.2 Å². The third kappa shape index (κ3) is 3.56. The number of rotatable bonds is 3. The van der Waals surface area contributed by atoms with Crippen LogP contribution in [-0.4, -0.2) is 42.3 Å². The molecule has 0 saturated carbocycles. The van der Waals surface area contributed by atoms with Gasteiger partial charge in [0.25, 0.3) is 0 Å². The van der Waals surface area contributed by atoms with E-state index >= 15 is 0 Å². The maximum atomic E-state index is 6.07. The molecule has 1 saturated heterocycles. The summed E-state index contributed by atoms with van der Waals surface area (Å²) < 4.78 is 5.35. The molecule has 2 N–H and O–H groups in total. The second-order valence-electron chi connectivity index (χ2n) is 5.58. The molecular formula is C11H24N2O. The minimum atomic E-state index is -0.0954. The topological polar surface area (TPSA) is 38.5 Å². The molecule has 14 heavy (non-hydrogen) atoms. The van der Waals surface area contributed by atoms with Gasteiger partial charge >= 0.3 is 0 Å². The fourth-order valence-corrected chi connectivity index (χ4v) is 2.40. The van der Waals surface area contributed by atoms with E-state index in [1.165, 1.54) is 0 Å². The molecular weight excluding hydrogens is 176 g/mol. The van der Waals surface area contributed by atoms with Gasteiger partial charge < -0.3 is 10.5 Å². The fraction of sp³-hybridized carbons (Fsp3) is 1.00. The van der Waals surface area contributed by atoms with Crippen molar-refractivity contribution in [3.8, 4) is 0 Å². The molecule has 84 valence electrons. The quantitative estimate of drug-likeness (QED) is 0.744. The van der Waals surface area contributed by atoms with E-state index in [1.807, 2.05) is 0 Å². The lowest BCUT2D eigenvalue weighted by Gasteiger charge is -2.44. The first-order valence-corrected chi connectivity index (χ1v) is 5.43. The monoisotopic (exact) mass is 200 g/mol. The Labute approximate surface area is 87.6 Å². The predicted molar refractivity (Wildman–Crippen MR) is 59.4 cm³/mol. The van der Waals surface area contributed by atoms with Crippen LogP contribution in [0.15, 0.2) is 0 Å². The van der Waals surface area contributed by atoms with Gasteiger partial charge in [0, 0.05) is 24.2 Å². The van der Waals surface area contributed by atoms with Crippen molar-refractivity contribution < 1.29 is 4.74 Å². The third-order valence-corrected chi connectivity index (χ3v) is 2.76. The van der Waals surface area contributed by atoms with E-state index in [-0.39, 0.29) is 11.1 Å². The molecule has 3 nitrogen and oxygen atoms in total. The lowest BCUT2D eigenvalue weighted by molar-refractivity contribution is -0.0182. The van der Waals surface area contributed by atoms with Crippen LogP contribution in [-0.2, 0) is 4.74 Å². The summed E-state index contributed by atoms with van der Waals surface area (Å²) >= 11 is 0. The number of nitrogens with zero attached hydrogens (tertiary/aromatic N) is 1. The molecule has 1 aliphatic heterocycles. The number of morpholine rings is 1. The molecule has 1 fully saturated rings. The summed E-state index contributed by atoms with van der Waals surface area (Å²) in [5.41, 5.74) is 6.16. The van der Waals surface area contributed by atoms with Gasteiger partial charge in [-0.05, 0) is 34.1 Å². The zero-order valence-corrected chi connectivity index (χ0v) is 9.97. The summed E-state index contributed by atoms with van der Waals surface area (Å²) in [7, 11) is 0. The molecule has 0 radical (unpaired) electrons. The molecule has 1 heterocycles. The Bertz CT molecular complexity index is 178. The minimum Gasteiger partial charge on any atom is -0.379 e. The number of hydrogen-bond acceptors (Lipinski definition) is 3. The van der Waals surface area contributed by atoms with Gasteiger partial charge in [0.1, 0.15) is 0 Å². The van der Waals surface area contributed by atoms with Crippen molar-refractivity contribution in [1.29, 1.82) is 0 Å². The van der Waals surface area contributed by atoms with Gasteiger partial charge in [-0.15, -0.1) is 0 Å². The molecule has 0 amide bonds. The van der Waals surface area contributed by atoms with Crippen molar-refractivity contribution >= 4 is 0 Å². The van der Waals surface area contributed by atoms with Crippen molar-refractivity contribution in [2.24, 2.45) is 5.73 Å². The van der Waals surface area contributed by atoms with Crippen LogP contribution in [0, 0.1) is 0 Å². The van der Waals surface area contributed by atoms with E-state index in [0.29, 0.717) is 0 Å². The molecule has 0 aliphatic carbocycles. The highest BCUT2D eigenvalue weighted by atomic mass is 16.5. The van der Waals surface area contributed by atoms with Gasteiger partial charge in [0.15, 0.2) is 0 Å². The summed E-state index contributed by atoms with van der Waals surface area (Å²) in [5, 5.41) is 0. The predicted octanol–water partition coefficient (Wildman–Crippen LogP) is 1.22. The highest BCUT2D eigenvalue weighted by Crippen LogP contribution is 2.25. The largest absolute Gasteiger partial charge is 0.379 e. The van der Waals surface area contributed by atoms with E-state index in [0.717, 1.165) is 32.7 Å². The first kappa shape index (κ1) is 12.0. The minimum absolute atomic E-state index is 0.0954. The smallest absolute Gasteiger partial charge is 0.0594 e. The molecule has 0 aromatic rings. The third-order valence-electron chi connectivity index (χ3n) is 2.76. The molecule has 0 aromatic carbocycles. The molecule has 1 rings (SSSR count). The zero-order valence-electron chi connectivity index (χ0n) is 9.97. The van der Waals surface area contributed by atoms with Crippen LogP contribution in [0.2, 0.25) is 0 Å². The van der Waals surface area contributed by atoms with E-state index in [1.54, 1.807) is 0 Å². The van der Waals surface area contributed by atoms with Crippen LogP contribution in [0.3, 0.4) is 0 Å². The summed E-state index contributed by atoms with van der Waals surface area (Å²) in [5.74, 6) is 0. The van der Waals surface area contributed by atoms with Gasteiger partial charge in [0.2, 0.25) is 0 Å². The van der Waals surface area contributed by atoms with E-state index in [4.69, 9.17) is 10.5 Å². The number of ether oxygens (including phenoxy) is 1. The summed E-state index contributed by atoms with van der Waals surface area (Å²) in [4.78, 5) is 2.48. The molecule has 3 heteroatoms. The summed E-state index contributed by atoms with van der Waals surface area (Å²) in [6.07, 6.45) is 1.01. The Kier molecular flexibility index (Phi) is 3.56. The maximum absolute atomic E-state index is 6.07. The van der Waals surface area contributed by atoms with Crippen molar-refractivity contribution in [2.75, 3.05) is 26.3 Å². The summed E-state index contributed by atoms with van der Waals surface area (Å²) in [6.45, 7) is 12.5. The van der Waals surface area contributed by atoms with E-state index in [2.05, 4.69) is 32.6 Å². The summed E-state index contributed by atoms with van der Waals surface area (Å²) in [6, 6.07) is 0. The highest BCUT2D eigenvalue weighted by molar-refractivity contribution is 4.90. The highest BCUT2D eigenvalue weighted by Gasteiger charge is 2.32. The maximum Gasteiger partial charge on any atom is 0.0594 e. The van der Waals surface area contributed by atoms with Crippen LogP contribution in [0.4, 0.5) is 0 Å². The molecule has 0 atom stereocenters. The van der Waals surface area contributed by atoms with Crippen LogP contribution in [0.1, 0.15) is 34.1 Å². The van der Waals surface area contributed by atoms with Crippen LogP contribution >= 0.6 is 0 Å². The van der Waals surface area contributed by atoms with Crippen molar-refractivity contribution in [1.82, 2.24) is 4.90 Å². The normalized spacial score (nSPS) is 21.2. The van der Waals surface area contributed by atoms with Crippen LogP contribution in [0.5, 0.6) is 0 Å². The molecule has 0 bridgehead atoms. The molecule has 0 unspecified atom stereocenters. The fourth-order valence-electron chi connectivity index (χ4n) is 2.40. The Morgan fingerprint density at radius 2 is 1.64 bits per heavy atom. The lowest BCUT2D eigenvalue weighted by atomic mass is 9.86. The first-order valence-electron chi connectivity index (χ1n) is 5.43. The van der Waals surface area contributed by atoms with Crippen LogP contribution in [0.25, 0.3) is 0 Å². The van der Waals surface area contributed by atoms with Gasteiger partial charge in [-0.25, -0.2) is 0 Å². The van der Waals surface area contributed by atoms with Gasteiger partial charge in [-0.2, -0.15) is 0 Å². The second kappa shape index (κ2) is 4.17. The Balaban J connectivity index is 2.54. The van der Waals surface area contributed by atoms with Crippen LogP contribution < -0.4 is 5.73 Å². The Morgan fingerprint density at radius 3 is 2.07 bits per heavy atom. The molecule has 0 spiro atoms. The lowest BCUT2D eigenvalue weighted by Crippen LogP contribution is -2.54.